The second kappa shape index (κ2) is 6.74. The Balaban J connectivity index is 2.36. The van der Waals surface area contributed by atoms with Crippen LogP contribution in [-0.2, 0) is 4.79 Å². The van der Waals surface area contributed by atoms with Crippen molar-refractivity contribution in [3.05, 3.63) is 40.4 Å². The van der Waals surface area contributed by atoms with E-state index >= 15 is 0 Å². The molecular weight excluding hydrogens is 327 g/mol. The van der Waals surface area contributed by atoms with Gasteiger partial charge in [-0.05, 0) is 32.0 Å². The van der Waals surface area contributed by atoms with E-state index in [2.05, 4.69) is 10.3 Å². The molecule has 0 spiro atoms. The number of aromatic nitrogens is 3. The Hall–Kier alpha value is -2.48. The van der Waals surface area contributed by atoms with E-state index in [9.17, 15) is 14.0 Å². The van der Waals surface area contributed by atoms with Crippen LogP contribution < -0.4 is 0 Å². The fourth-order valence-corrected chi connectivity index (χ4v) is 2.20. The first-order valence-corrected chi connectivity index (χ1v) is 7.11. The molecule has 0 saturated carbocycles. The predicted molar refractivity (Wildman–Crippen MR) is 80.3 cm³/mol. The number of carbonyl (C=O) groups excluding carboxylic acids is 1. The van der Waals surface area contributed by atoms with Crippen molar-refractivity contribution in [1.29, 1.82) is 0 Å². The van der Waals surface area contributed by atoms with Gasteiger partial charge >= 0.3 is 5.97 Å². The first-order chi connectivity index (χ1) is 10.8. The highest BCUT2D eigenvalue weighted by atomic mass is 35.5. The summed E-state index contributed by atoms with van der Waals surface area (Å²) in [7, 11) is 0. The maximum absolute atomic E-state index is 13.2. The van der Waals surface area contributed by atoms with Gasteiger partial charge in [0.15, 0.2) is 5.69 Å². The first-order valence-electron chi connectivity index (χ1n) is 6.74. The molecule has 9 heteroatoms. The zero-order valence-electron chi connectivity index (χ0n) is 12.5. The molecule has 0 aliphatic carbocycles. The largest absolute Gasteiger partial charge is 0.480 e. The normalized spacial score (nSPS) is 10.6. The van der Waals surface area contributed by atoms with E-state index < -0.39 is 24.2 Å². The SMILES string of the molecule is CCN(CC(=O)O)C(=O)c1nnn(-c2ccc(F)c(Cl)c2)c1C. The van der Waals surface area contributed by atoms with Crippen molar-refractivity contribution in [2.75, 3.05) is 13.1 Å². The molecule has 1 heterocycles. The summed E-state index contributed by atoms with van der Waals surface area (Å²) in [5.41, 5.74) is 0.886. The zero-order chi connectivity index (χ0) is 17.1. The number of nitrogens with zero attached hydrogens (tertiary/aromatic N) is 4. The van der Waals surface area contributed by atoms with E-state index in [0.717, 1.165) is 4.90 Å². The van der Waals surface area contributed by atoms with Gasteiger partial charge < -0.3 is 10.0 Å². The monoisotopic (exact) mass is 340 g/mol. The Kier molecular flexibility index (Phi) is 4.95. The number of amides is 1. The minimum Gasteiger partial charge on any atom is -0.480 e. The van der Waals surface area contributed by atoms with Gasteiger partial charge in [0.1, 0.15) is 12.4 Å². The number of carbonyl (C=O) groups is 2. The van der Waals surface area contributed by atoms with E-state index in [1.807, 2.05) is 0 Å². The maximum Gasteiger partial charge on any atom is 0.323 e. The van der Waals surface area contributed by atoms with Gasteiger partial charge in [0.2, 0.25) is 0 Å². The third-order valence-electron chi connectivity index (χ3n) is 3.24. The topological polar surface area (TPSA) is 88.3 Å². The smallest absolute Gasteiger partial charge is 0.323 e. The molecule has 1 aromatic carbocycles. The van der Waals surface area contributed by atoms with Crippen molar-refractivity contribution in [2.45, 2.75) is 13.8 Å². The van der Waals surface area contributed by atoms with Crippen molar-refractivity contribution in [1.82, 2.24) is 19.9 Å². The number of halogens is 2. The van der Waals surface area contributed by atoms with Crippen molar-refractivity contribution in [2.24, 2.45) is 0 Å². The summed E-state index contributed by atoms with van der Waals surface area (Å²) in [5.74, 6) is -2.22. The summed E-state index contributed by atoms with van der Waals surface area (Å²) >= 11 is 5.74. The van der Waals surface area contributed by atoms with E-state index in [-0.39, 0.29) is 17.3 Å². The molecule has 7 nitrogen and oxygen atoms in total. The summed E-state index contributed by atoms with van der Waals surface area (Å²) in [5, 5.41) is 16.4. The van der Waals surface area contributed by atoms with Crippen molar-refractivity contribution < 1.29 is 19.1 Å². The second-order valence-corrected chi connectivity index (χ2v) is 5.15. The van der Waals surface area contributed by atoms with Gasteiger partial charge in [-0.1, -0.05) is 16.8 Å². The molecule has 0 bridgehead atoms. The Morgan fingerprint density at radius 1 is 1.43 bits per heavy atom. The number of carboxylic acid groups (broad SMARTS) is 1. The van der Waals surface area contributed by atoms with Crippen LogP contribution in [0.5, 0.6) is 0 Å². The van der Waals surface area contributed by atoms with Crippen LogP contribution in [0.25, 0.3) is 5.69 Å². The lowest BCUT2D eigenvalue weighted by Crippen LogP contribution is -2.36. The molecule has 0 radical (unpaired) electrons. The molecule has 1 amide bonds. The van der Waals surface area contributed by atoms with Crippen LogP contribution in [0.15, 0.2) is 18.2 Å². The van der Waals surface area contributed by atoms with Crippen LogP contribution in [0.1, 0.15) is 23.1 Å². The maximum atomic E-state index is 13.2. The first kappa shape index (κ1) is 16.9. The number of benzene rings is 1. The Labute approximate surface area is 136 Å². The van der Waals surface area contributed by atoms with Gasteiger partial charge in [0.05, 0.1) is 16.4 Å². The van der Waals surface area contributed by atoms with Crippen LogP contribution >= 0.6 is 11.6 Å². The Bertz CT molecular complexity index is 762. The number of rotatable bonds is 5. The lowest BCUT2D eigenvalue weighted by Gasteiger charge is -2.17. The lowest BCUT2D eigenvalue weighted by atomic mass is 10.2. The fraction of sp³-hybridized carbons (Fsp3) is 0.286. The Morgan fingerprint density at radius 3 is 2.70 bits per heavy atom. The summed E-state index contributed by atoms with van der Waals surface area (Å²) in [4.78, 5) is 24.3. The van der Waals surface area contributed by atoms with Gasteiger partial charge in [-0.25, -0.2) is 9.07 Å². The number of aliphatic carboxylic acids is 1. The standard InChI is InChI=1S/C14H14ClFN4O3/c1-3-19(7-12(21)22)14(23)13-8(2)20(18-17-13)9-4-5-11(16)10(15)6-9/h4-6H,3,7H2,1-2H3,(H,21,22). The van der Waals surface area contributed by atoms with Gasteiger partial charge in [0.25, 0.3) is 5.91 Å². The predicted octanol–water partition coefficient (Wildman–Crippen LogP) is 1.91. The minimum absolute atomic E-state index is 0.0357. The van der Waals surface area contributed by atoms with Crippen LogP contribution in [0.3, 0.4) is 0 Å². The highest BCUT2D eigenvalue weighted by Gasteiger charge is 2.23. The molecule has 1 N–H and O–H groups in total. The Morgan fingerprint density at radius 2 is 2.13 bits per heavy atom. The van der Waals surface area contributed by atoms with Crippen LogP contribution in [-0.4, -0.2) is 50.0 Å². The summed E-state index contributed by atoms with van der Waals surface area (Å²) in [6.07, 6.45) is 0. The highest BCUT2D eigenvalue weighted by molar-refractivity contribution is 6.30. The van der Waals surface area contributed by atoms with Crippen molar-refractivity contribution in [3.63, 3.8) is 0 Å². The summed E-state index contributed by atoms with van der Waals surface area (Å²) in [6.45, 7) is 3.07. The van der Waals surface area contributed by atoms with E-state index in [4.69, 9.17) is 16.7 Å². The molecule has 23 heavy (non-hydrogen) atoms. The van der Waals surface area contributed by atoms with E-state index in [1.165, 1.54) is 22.9 Å². The molecule has 0 unspecified atom stereocenters. The molecule has 0 atom stereocenters. The van der Waals surface area contributed by atoms with E-state index in [1.54, 1.807) is 13.8 Å². The molecule has 122 valence electrons. The molecular formula is C14H14ClFN4O3. The van der Waals surface area contributed by atoms with Crippen LogP contribution in [0.4, 0.5) is 4.39 Å². The van der Waals surface area contributed by atoms with Gasteiger partial charge in [0, 0.05) is 6.54 Å². The van der Waals surface area contributed by atoms with Crippen LogP contribution in [0, 0.1) is 12.7 Å². The second-order valence-electron chi connectivity index (χ2n) is 4.75. The average Bonchev–Trinajstić information content (AvgIpc) is 2.88. The molecule has 2 aromatic rings. The molecule has 2 rings (SSSR count). The third-order valence-corrected chi connectivity index (χ3v) is 3.53. The van der Waals surface area contributed by atoms with Crippen molar-refractivity contribution in [3.8, 4) is 5.69 Å². The lowest BCUT2D eigenvalue weighted by molar-refractivity contribution is -0.137. The quantitative estimate of drug-likeness (QED) is 0.898. The molecule has 1 aromatic heterocycles. The third kappa shape index (κ3) is 3.48. The van der Waals surface area contributed by atoms with E-state index in [0.29, 0.717) is 11.4 Å². The number of hydrogen-bond acceptors (Lipinski definition) is 4. The van der Waals surface area contributed by atoms with Gasteiger partial charge in [-0.3, -0.25) is 9.59 Å². The molecule has 0 fully saturated rings. The number of hydrogen-bond donors (Lipinski definition) is 1. The fourth-order valence-electron chi connectivity index (χ4n) is 2.03. The van der Waals surface area contributed by atoms with Crippen LogP contribution in [0.2, 0.25) is 5.02 Å². The van der Waals surface area contributed by atoms with Gasteiger partial charge in [-0.15, -0.1) is 5.10 Å². The molecule has 0 aliphatic heterocycles. The zero-order valence-corrected chi connectivity index (χ0v) is 13.2. The average molecular weight is 341 g/mol. The number of carboxylic acids is 1. The number of likely N-dealkylation sites (N-methyl/N-ethyl adjacent to an activating group) is 1. The minimum atomic E-state index is -1.12. The van der Waals surface area contributed by atoms with Crippen molar-refractivity contribution >= 4 is 23.5 Å². The molecule has 0 saturated heterocycles. The summed E-state index contributed by atoms with van der Waals surface area (Å²) in [6, 6.07) is 4.00. The molecule has 0 aliphatic rings. The summed E-state index contributed by atoms with van der Waals surface area (Å²) < 4.78 is 14.6. The highest BCUT2D eigenvalue weighted by Crippen LogP contribution is 2.20. The van der Waals surface area contributed by atoms with Gasteiger partial charge in [-0.2, -0.15) is 0 Å².